The van der Waals surface area contributed by atoms with Gasteiger partial charge in [0.25, 0.3) is 0 Å². The number of carbonyl (C=O) groups is 1. The third-order valence-electron chi connectivity index (χ3n) is 4.27. The average molecular weight is 407 g/mol. The molecule has 28 heavy (non-hydrogen) atoms. The van der Waals surface area contributed by atoms with Crippen LogP contribution in [-0.4, -0.2) is 41.3 Å². The van der Waals surface area contributed by atoms with Gasteiger partial charge >= 0.3 is 0 Å². The van der Waals surface area contributed by atoms with Crippen molar-refractivity contribution in [2.45, 2.75) is 19.9 Å². The van der Waals surface area contributed by atoms with Crippen molar-refractivity contribution in [3.8, 4) is 11.5 Å². The van der Waals surface area contributed by atoms with Crippen LogP contribution < -0.4 is 19.1 Å². The summed E-state index contributed by atoms with van der Waals surface area (Å²) in [4.78, 5) is 12.6. The first-order valence-corrected chi connectivity index (χ1v) is 10.6. The Hall–Kier alpha value is -2.74. The summed E-state index contributed by atoms with van der Waals surface area (Å²) in [5, 5.41) is 2.83. The lowest BCUT2D eigenvalue weighted by molar-refractivity contribution is -0.120. The van der Waals surface area contributed by atoms with Gasteiger partial charge in [-0.15, -0.1) is 0 Å². The number of nitrogens with zero attached hydrogens (tertiary/aromatic N) is 1. The van der Waals surface area contributed by atoms with E-state index in [1.807, 2.05) is 38.1 Å². The molecule has 0 aliphatic rings. The van der Waals surface area contributed by atoms with Crippen LogP contribution in [0.5, 0.6) is 11.5 Å². The van der Waals surface area contributed by atoms with Gasteiger partial charge in [0.1, 0.15) is 18.0 Å². The predicted octanol–water partition coefficient (Wildman–Crippen LogP) is 2.66. The Morgan fingerprint density at radius 1 is 1.11 bits per heavy atom. The number of hydrogen-bond donors (Lipinski definition) is 1. The Morgan fingerprint density at radius 2 is 1.75 bits per heavy atom. The third kappa shape index (κ3) is 5.16. The minimum absolute atomic E-state index is 0.324. The lowest BCUT2D eigenvalue weighted by Gasteiger charge is -2.25. The van der Waals surface area contributed by atoms with Gasteiger partial charge in [0, 0.05) is 5.56 Å². The zero-order chi connectivity index (χ0) is 20.9. The largest absolute Gasteiger partial charge is 0.496 e. The van der Waals surface area contributed by atoms with E-state index in [1.54, 1.807) is 25.3 Å². The molecule has 0 spiro atoms. The standard InChI is InChI=1S/C20H26N2O5S/c1-14-10-11-19(27-4)17(12-14)22(28(5,24)25)13-20(23)21-15(2)16-8-6-7-9-18(16)26-3/h6-12,15H,13H2,1-5H3,(H,21,23). The fourth-order valence-corrected chi connectivity index (χ4v) is 3.75. The Labute approximate surface area is 166 Å². The molecule has 0 fully saturated rings. The maximum Gasteiger partial charge on any atom is 0.241 e. The van der Waals surface area contributed by atoms with Crippen molar-refractivity contribution >= 4 is 21.6 Å². The molecule has 152 valence electrons. The number of amides is 1. The van der Waals surface area contributed by atoms with Crippen LogP contribution in [0.25, 0.3) is 0 Å². The first-order valence-electron chi connectivity index (χ1n) is 8.72. The van der Waals surface area contributed by atoms with E-state index in [4.69, 9.17) is 9.47 Å². The smallest absolute Gasteiger partial charge is 0.241 e. The van der Waals surface area contributed by atoms with Gasteiger partial charge in [-0.3, -0.25) is 9.10 Å². The Morgan fingerprint density at radius 3 is 2.36 bits per heavy atom. The van der Waals surface area contributed by atoms with Crippen molar-refractivity contribution < 1.29 is 22.7 Å². The predicted molar refractivity (Wildman–Crippen MR) is 109 cm³/mol. The number of sulfonamides is 1. The number of methoxy groups -OCH3 is 2. The topological polar surface area (TPSA) is 84.9 Å². The fourth-order valence-electron chi connectivity index (χ4n) is 2.90. The van der Waals surface area contributed by atoms with Crippen LogP contribution in [0.1, 0.15) is 24.1 Å². The van der Waals surface area contributed by atoms with E-state index in [0.717, 1.165) is 21.7 Å². The number of nitrogens with one attached hydrogen (secondary N) is 1. The number of ether oxygens (including phenoxy) is 2. The highest BCUT2D eigenvalue weighted by atomic mass is 32.2. The Kier molecular flexibility index (Phi) is 6.90. The fraction of sp³-hybridized carbons (Fsp3) is 0.350. The minimum Gasteiger partial charge on any atom is -0.496 e. The van der Waals surface area contributed by atoms with E-state index in [1.165, 1.54) is 7.11 Å². The molecule has 1 amide bonds. The minimum atomic E-state index is -3.71. The molecule has 1 unspecified atom stereocenters. The van der Waals surface area contributed by atoms with Gasteiger partial charge in [0.2, 0.25) is 15.9 Å². The second kappa shape index (κ2) is 8.97. The van der Waals surface area contributed by atoms with E-state index < -0.39 is 15.9 Å². The second-order valence-electron chi connectivity index (χ2n) is 6.48. The first kappa shape index (κ1) is 21.6. The van der Waals surface area contributed by atoms with Crippen LogP contribution in [-0.2, 0) is 14.8 Å². The van der Waals surface area contributed by atoms with Gasteiger partial charge in [-0.2, -0.15) is 0 Å². The number of anilines is 1. The van der Waals surface area contributed by atoms with Crippen molar-refractivity contribution in [2.24, 2.45) is 0 Å². The molecule has 0 bridgehead atoms. The van der Waals surface area contributed by atoms with Gasteiger partial charge in [-0.05, 0) is 37.6 Å². The monoisotopic (exact) mass is 406 g/mol. The van der Waals surface area contributed by atoms with Crippen LogP contribution in [0.3, 0.4) is 0 Å². The number of carbonyl (C=O) groups excluding carboxylic acids is 1. The van der Waals surface area contributed by atoms with Gasteiger partial charge in [0.05, 0.1) is 32.2 Å². The molecule has 0 saturated carbocycles. The molecule has 2 rings (SSSR count). The number of benzene rings is 2. The quantitative estimate of drug-likeness (QED) is 0.729. The maximum atomic E-state index is 12.6. The van der Waals surface area contributed by atoms with Crippen LogP contribution in [0.4, 0.5) is 5.69 Å². The summed E-state index contributed by atoms with van der Waals surface area (Å²) < 4.78 is 36.4. The molecule has 2 aromatic rings. The summed E-state index contributed by atoms with van der Waals surface area (Å²) in [6.07, 6.45) is 1.06. The van der Waals surface area contributed by atoms with Gasteiger partial charge < -0.3 is 14.8 Å². The highest BCUT2D eigenvalue weighted by Gasteiger charge is 2.25. The normalized spacial score (nSPS) is 12.2. The molecule has 8 heteroatoms. The number of hydrogen-bond acceptors (Lipinski definition) is 5. The molecule has 2 aromatic carbocycles. The van der Waals surface area contributed by atoms with E-state index in [0.29, 0.717) is 17.2 Å². The molecule has 0 heterocycles. The summed E-state index contributed by atoms with van der Waals surface area (Å²) in [7, 11) is -0.693. The first-order chi connectivity index (χ1) is 13.2. The van der Waals surface area contributed by atoms with Gasteiger partial charge in [-0.25, -0.2) is 8.42 Å². The second-order valence-corrected chi connectivity index (χ2v) is 8.38. The summed E-state index contributed by atoms with van der Waals surface area (Å²) in [5.74, 6) is 0.588. The van der Waals surface area contributed by atoms with Crippen molar-refractivity contribution in [3.63, 3.8) is 0 Å². The zero-order valence-corrected chi connectivity index (χ0v) is 17.5. The SMILES string of the molecule is COc1ccccc1C(C)NC(=O)CN(c1cc(C)ccc1OC)S(C)(=O)=O. The van der Waals surface area contributed by atoms with E-state index in [-0.39, 0.29) is 12.6 Å². The zero-order valence-electron chi connectivity index (χ0n) is 16.7. The van der Waals surface area contributed by atoms with Gasteiger partial charge in [-0.1, -0.05) is 24.3 Å². The number of aryl methyl sites for hydroxylation is 1. The lowest BCUT2D eigenvalue weighted by Crippen LogP contribution is -2.41. The Bertz CT molecular complexity index is 943. The molecule has 0 aromatic heterocycles. The molecule has 7 nitrogen and oxygen atoms in total. The molecule has 0 radical (unpaired) electrons. The summed E-state index contributed by atoms with van der Waals surface area (Å²) in [5.41, 5.74) is 1.98. The van der Waals surface area contributed by atoms with Crippen molar-refractivity contribution in [1.82, 2.24) is 5.32 Å². The molecule has 0 aliphatic carbocycles. The third-order valence-corrected chi connectivity index (χ3v) is 5.40. The molecule has 1 N–H and O–H groups in total. The number of rotatable bonds is 8. The highest BCUT2D eigenvalue weighted by Crippen LogP contribution is 2.31. The van der Waals surface area contributed by atoms with E-state index in [9.17, 15) is 13.2 Å². The number of para-hydroxylation sites is 1. The molecule has 1 atom stereocenters. The molecular formula is C20H26N2O5S. The average Bonchev–Trinajstić information content (AvgIpc) is 2.65. The highest BCUT2D eigenvalue weighted by molar-refractivity contribution is 7.92. The van der Waals surface area contributed by atoms with Gasteiger partial charge in [0.15, 0.2) is 0 Å². The van der Waals surface area contributed by atoms with E-state index >= 15 is 0 Å². The lowest BCUT2D eigenvalue weighted by atomic mass is 10.1. The van der Waals surface area contributed by atoms with Crippen molar-refractivity contribution in [2.75, 3.05) is 31.3 Å². The molecule has 0 saturated heterocycles. The summed E-state index contributed by atoms with van der Waals surface area (Å²) in [6.45, 7) is 3.29. The summed E-state index contributed by atoms with van der Waals surface area (Å²) >= 11 is 0. The van der Waals surface area contributed by atoms with E-state index in [2.05, 4.69) is 5.32 Å². The maximum absolute atomic E-state index is 12.6. The molecular weight excluding hydrogens is 380 g/mol. The summed E-state index contributed by atoms with van der Waals surface area (Å²) in [6, 6.07) is 12.2. The van der Waals surface area contributed by atoms with Crippen molar-refractivity contribution in [3.05, 3.63) is 53.6 Å². The van der Waals surface area contributed by atoms with Crippen LogP contribution in [0, 0.1) is 6.92 Å². The van der Waals surface area contributed by atoms with Crippen LogP contribution in [0.15, 0.2) is 42.5 Å². The van der Waals surface area contributed by atoms with Crippen molar-refractivity contribution in [1.29, 1.82) is 0 Å². The van der Waals surface area contributed by atoms with Crippen LogP contribution in [0.2, 0.25) is 0 Å². The van der Waals surface area contributed by atoms with Crippen LogP contribution >= 0.6 is 0 Å². The molecule has 0 aliphatic heterocycles. The Balaban J connectivity index is 2.26.